The van der Waals surface area contributed by atoms with Gasteiger partial charge in [0, 0.05) is 17.3 Å². The molecule has 2 fully saturated rings. The lowest BCUT2D eigenvalue weighted by Crippen LogP contribution is -2.32. The van der Waals surface area contributed by atoms with Crippen LogP contribution in [0.25, 0.3) is 22.5 Å². The van der Waals surface area contributed by atoms with E-state index in [2.05, 4.69) is 15.4 Å². The van der Waals surface area contributed by atoms with Crippen molar-refractivity contribution in [2.24, 2.45) is 0 Å². The molecular formula is C23H26F3N5O5. The van der Waals surface area contributed by atoms with Gasteiger partial charge in [0.1, 0.15) is 23.7 Å². The summed E-state index contributed by atoms with van der Waals surface area (Å²) in [4.78, 5) is 0. The van der Waals surface area contributed by atoms with Gasteiger partial charge >= 0.3 is 6.18 Å². The van der Waals surface area contributed by atoms with Gasteiger partial charge in [-0.15, -0.1) is 5.10 Å². The molecule has 0 spiro atoms. The first-order valence-electron chi connectivity index (χ1n) is 11.6. The molecule has 36 heavy (non-hydrogen) atoms. The van der Waals surface area contributed by atoms with Crippen LogP contribution in [0.3, 0.4) is 0 Å². The highest BCUT2D eigenvalue weighted by atomic mass is 19.4. The molecule has 2 aliphatic heterocycles. The van der Waals surface area contributed by atoms with Crippen molar-refractivity contribution in [3.05, 3.63) is 36.7 Å². The summed E-state index contributed by atoms with van der Waals surface area (Å²) in [5.74, 6) is 0.0471. The summed E-state index contributed by atoms with van der Waals surface area (Å²) in [5, 5.41) is 12.8. The summed E-state index contributed by atoms with van der Waals surface area (Å²) in [6.07, 6.45) is -1.31. The molecule has 194 valence electrons. The van der Waals surface area contributed by atoms with Crippen LogP contribution >= 0.6 is 0 Å². The number of hydrogen-bond acceptors (Lipinski definition) is 8. The lowest BCUT2D eigenvalue weighted by atomic mass is 10.1. The molecule has 10 nitrogen and oxygen atoms in total. The maximum absolute atomic E-state index is 13.0. The Labute approximate surface area is 204 Å². The standard InChI is InChI=1S/C23H26F3N5O5/c24-23(25,26)15-36-22-9-16(21-12-31(29-27-21)11-18-14-33-6-8-35-18)1-2-19(22)20-3-4-30(28-20)10-17-13-32-5-7-34-17/h1-4,9,12,17-18H,5-8,10-11,13-15H2/t17-,18+/m0/s1. The highest BCUT2D eigenvalue weighted by Gasteiger charge is 2.29. The molecule has 13 heteroatoms. The second-order valence-corrected chi connectivity index (χ2v) is 8.50. The van der Waals surface area contributed by atoms with Gasteiger partial charge in [0.25, 0.3) is 0 Å². The molecule has 1 aromatic carbocycles. The number of aromatic nitrogens is 5. The van der Waals surface area contributed by atoms with Gasteiger partial charge in [0.2, 0.25) is 0 Å². The van der Waals surface area contributed by atoms with E-state index in [0.29, 0.717) is 75.2 Å². The Bertz CT molecular complexity index is 1140. The highest BCUT2D eigenvalue weighted by molar-refractivity contribution is 5.73. The maximum atomic E-state index is 13.0. The van der Waals surface area contributed by atoms with E-state index in [1.807, 2.05) is 0 Å². The number of halogens is 3. The predicted octanol–water partition coefficient (Wildman–Crippen LogP) is 2.58. The monoisotopic (exact) mass is 509 g/mol. The molecule has 2 aliphatic rings. The SMILES string of the molecule is FC(F)(F)COc1cc(-c2cn(C[C@@H]3COCCO3)nn2)ccc1-c1ccn(C[C@H]2COCCO2)n1. The third-order valence-corrected chi connectivity index (χ3v) is 5.68. The molecule has 3 aromatic rings. The quantitative estimate of drug-likeness (QED) is 0.458. The van der Waals surface area contributed by atoms with Crippen molar-refractivity contribution in [3.63, 3.8) is 0 Å². The summed E-state index contributed by atoms with van der Waals surface area (Å²) in [6.45, 7) is 2.58. The fraction of sp³-hybridized carbons (Fsp3) is 0.522. The van der Waals surface area contributed by atoms with E-state index in [9.17, 15) is 13.2 Å². The van der Waals surface area contributed by atoms with Crippen LogP contribution in [-0.2, 0) is 32.0 Å². The van der Waals surface area contributed by atoms with Gasteiger partial charge in [-0.2, -0.15) is 18.3 Å². The highest BCUT2D eigenvalue weighted by Crippen LogP contribution is 2.34. The van der Waals surface area contributed by atoms with E-state index in [1.54, 1.807) is 40.0 Å². The molecule has 0 N–H and O–H groups in total. The first-order valence-corrected chi connectivity index (χ1v) is 11.6. The van der Waals surface area contributed by atoms with Crippen LogP contribution in [0.1, 0.15) is 0 Å². The molecule has 0 aliphatic carbocycles. The van der Waals surface area contributed by atoms with Crippen LogP contribution in [0.15, 0.2) is 36.7 Å². The zero-order valence-electron chi connectivity index (χ0n) is 19.4. The van der Waals surface area contributed by atoms with Crippen LogP contribution in [0, 0.1) is 0 Å². The zero-order chi connectivity index (χ0) is 25.0. The van der Waals surface area contributed by atoms with Crippen LogP contribution in [-0.4, -0.2) is 89.4 Å². The second-order valence-electron chi connectivity index (χ2n) is 8.50. The van der Waals surface area contributed by atoms with Crippen molar-refractivity contribution in [1.82, 2.24) is 24.8 Å². The van der Waals surface area contributed by atoms with Gasteiger partial charge in [-0.05, 0) is 18.2 Å². The van der Waals surface area contributed by atoms with E-state index in [0.717, 1.165) is 0 Å². The summed E-state index contributed by atoms with van der Waals surface area (Å²) in [5.41, 5.74) is 1.97. The molecule has 2 aromatic heterocycles. The third kappa shape index (κ3) is 6.40. The fourth-order valence-electron chi connectivity index (χ4n) is 4.00. The Hall–Kier alpha value is -3.00. The molecule has 0 radical (unpaired) electrons. The molecule has 0 unspecified atom stereocenters. The first kappa shape index (κ1) is 24.7. The minimum atomic E-state index is -4.49. The summed E-state index contributed by atoms with van der Waals surface area (Å²) in [7, 11) is 0. The summed E-state index contributed by atoms with van der Waals surface area (Å²) >= 11 is 0. The van der Waals surface area contributed by atoms with Crippen LogP contribution in [0.5, 0.6) is 5.75 Å². The van der Waals surface area contributed by atoms with E-state index in [-0.39, 0.29) is 18.0 Å². The van der Waals surface area contributed by atoms with E-state index >= 15 is 0 Å². The van der Waals surface area contributed by atoms with Crippen molar-refractivity contribution in [1.29, 1.82) is 0 Å². The van der Waals surface area contributed by atoms with Crippen LogP contribution in [0.2, 0.25) is 0 Å². The molecule has 0 saturated carbocycles. The largest absolute Gasteiger partial charge is 0.483 e. The van der Waals surface area contributed by atoms with E-state index < -0.39 is 12.8 Å². The summed E-state index contributed by atoms with van der Waals surface area (Å²) < 4.78 is 69.5. The van der Waals surface area contributed by atoms with Crippen LogP contribution < -0.4 is 4.74 Å². The maximum Gasteiger partial charge on any atom is 0.422 e. The Morgan fingerprint density at radius 3 is 2.31 bits per heavy atom. The molecule has 5 rings (SSSR count). The second kappa shape index (κ2) is 10.9. The molecule has 0 bridgehead atoms. The normalized spacial score (nSPS) is 21.0. The van der Waals surface area contributed by atoms with Gasteiger partial charge in [-0.1, -0.05) is 11.3 Å². The van der Waals surface area contributed by atoms with Gasteiger partial charge < -0.3 is 23.7 Å². The number of alkyl halides is 3. The van der Waals surface area contributed by atoms with Crippen molar-refractivity contribution < 1.29 is 36.9 Å². The minimum Gasteiger partial charge on any atom is -0.483 e. The van der Waals surface area contributed by atoms with Gasteiger partial charge in [-0.25, -0.2) is 4.68 Å². The molecule has 4 heterocycles. The molecule has 2 atom stereocenters. The predicted molar refractivity (Wildman–Crippen MR) is 119 cm³/mol. The number of hydrogen-bond donors (Lipinski definition) is 0. The van der Waals surface area contributed by atoms with Gasteiger partial charge in [0.05, 0.1) is 64.6 Å². The van der Waals surface area contributed by atoms with Gasteiger partial charge in [0.15, 0.2) is 6.61 Å². The van der Waals surface area contributed by atoms with Crippen LogP contribution in [0.4, 0.5) is 13.2 Å². The van der Waals surface area contributed by atoms with Gasteiger partial charge in [-0.3, -0.25) is 4.68 Å². The minimum absolute atomic E-state index is 0.0471. The number of benzene rings is 1. The number of ether oxygens (including phenoxy) is 5. The number of nitrogens with zero attached hydrogens (tertiary/aromatic N) is 5. The first-order chi connectivity index (χ1) is 17.4. The molecule has 0 amide bonds. The topological polar surface area (TPSA) is 94.7 Å². The van der Waals surface area contributed by atoms with E-state index in [4.69, 9.17) is 23.7 Å². The lowest BCUT2D eigenvalue weighted by Gasteiger charge is -2.22. The lowest BCUT2D eigenvalue weighted by molar-refractivity contribution is -0.153. The Morgan fingerprint density at radius 1 is 0.917 bits per heavy atom. The summed E-state index contributed by atoms with van der Waals surface area (Å²) in [6, 6.07) is 6.67. The molecule has 2 saturated heterocycles. The smallest absolute Gasteiger partial charge is 0.422 e. The Morgan fingerprint density at radius 2 is 1.64 bits per heavy atom. The van der Waals surface area contributed by atoms with Crippen molar-refractivity contribution >= 4 is 0 Å². The Balaban J connectivity index is 1.36. The molecular weight excluding hydrogens is 483 g/mol. The Kier molecular flexibility index (Phi) is 7.51. The number of rotatable bonds is 8. The zero-order valence-corrected chi connectivity index (χ0v) is 19.4. The van der Waals surface area contributed by atoms with Crippen molar-refractivity contribution in [2.75, 3.05) is 46.2 Å². The fourth-order valence-corrected chi connectivity index (χ4v) is 4.00. The average molecular weight is 509 g/mol. The average Bonchev–Trinajstić information content (AvgIpc) is 3.53. The van der Waals surface area contributed by atoms with Crippen molar-refractivity contribution in [3.8, 4) is 28.3 Å². The van der Waals surface area contributed by atoms with E-state index in [1.165, 1.54) is 6.07 Å². The third-order valence-electron chi connectivity index (χ3n) is 5.68. The van der Waals surface area contributed by atoms with Crippen molar-refractivity contribution in [2.45, 2.75) is 31.5 Å².